The zero-order valence-corrected chi connectivity index (χ0v) is 13.0. The van der Waals surface area contributed by atoms with Crippen molar-refractivity contribution in [3.8, 4) is 17.1 Å². The number of hydrogen-bond donors (Lipinski definition) is 0. The van der Waals surface area contributed by atoms with Crippen molar-refractivity contribution < 1.29 is 27.4 Å². The Kier molecular flexibility index (Phi) is 4.45. The van der Waals surface area contributed by atoms with Gasteiger partial charge >= 0.3 is 12.3 Å². The predicted octanol–water partition coefficient (Wildman–Crippen LogP) is 3.53. The standard InChI is InChI=1S/C13H10BrF3N2O3/c1-19-9(12(20)21-2)10(14)18-11(19)7-4-3-5-8(6-7)22-13(15,16)17/h3-6H,1-2H3. The molecule has 1 aromatic heterocycles. The topological polar surface area (TPSA) is 53.4 Å². The second kappa shape index (κ2) is 5.99. The fourth-order valence-electron chi connectivity index (χ4n) is 1.87. The third-order valence-electron chi connectivity index (χ3n) is 2.76. The van der Waals surface area contributed by atoms with E-state index in [1.54, 1.807) is 13.1 Å². The quantitative estimate of drug-likeness (QED) is 0.766. The Morgan fingerprint density at radius 3 is 2.64 bits per heavy atom. The number of halogens is 4. The maximum absolute atomic E-state index is 12.3. The van der Waals surface area contributed by atoms with Crippen LogP contribution in [-0.4, -0.2) is 29.0 Å². The molecule has 0 saturated carbocycles. The van der Waals surface area contributed by atoms with Crippen LogP contribution in [0.5, 0.6) is 5.75 Å². The molecule has 9 heteroatoms. The molecule has 0 aliphatic heterocycles. The van der Waals surface area contributed by atoms with Crippen molar-refractivity contribution in [1.29, 1.82) is 0 Å². The zero-order valence-electron chi connectivity index (χ0n) is 11.4. The van der Waals surface area contributed by atoms with E-state index >= 15 is 0 Å². The highest BCUT2D eigenvalue weighted by Crippen LogP contribution is 2.30. The Morgan fingerprint density at radius 1 is 1.36 bits per heavy atom. The zero-order chi connectivity index (χ0) is 16.5. The fourth-order valence-corrected chi connectivity index (χ4v) is 2.47. The van der Waals surface area contributed by atoms with Gasteiger partial charge in [0.15, 0.2) is 5.69 Å². The lowest BCUT2D eigenvalue weighted by molar-refractivity contribution is -0.274. The number of aromatic nitrogens is 2. The Bertz CT molecular complexity index is 713. The van der Waals surface area contributed by atoms with Crippen LogP contribution in [-0.2, 0) is 11.8 Å². The summed E-state index contributed by atoms with van der Waals surface area (Å²) in [6.07, 6.45) is -4.78. The van der Waals surface area contributed by atoms with Crippen molar-refractivity contribution in [2.24, 2.45) is 7.05 Å². The van der Waals surface area contributed by atoms with E-state index in [0.29, 0.717) is 11.4 Å². The van der Waals surface area contributed by atoms with Gasteiger partial charge in [-0.3, -0.25) is 0 Å². The van der Waals surface area contributed by atoms with Gasteiger partial charge in [-0.15, -0.1) is 13.2 Å². The second-order valence-corrected chi connectivity index (χ2v) is 4.95. The molecule has 0 saturated heterocycles. The molecule has 22 heavy (non-hydrogen) atoms. The van der Waals surface area contributed by atoms with Gasteiger partial charge in [0.05, 0.1) is 7.11 Å². The highest BCUT2D eigenvalue weighted by Gasteiger charge is 2.31. The molecule has 1 heterocycles. The van der Waals surface area contributed by atoms with E-state index in [0.717, 1.165) is 0 Å². The summed E-state index contributed by atoms with van der Waals surface area (Å²) < 4.78 is 46.9. The van der Waals surface area contributed by atoms with Crippen LogP contribution in [0.1, 0.15) is 10.5 Å². The number of hydrogen-bond acceptors (Lipinski definition) is 4. The maximum Gasteiger partial charge on any atom is 0.573 e. The fraction of sp³-hybridized carbons (Fsp3) is 0.231. The number of alkyl halides is 3. The van der Waals surface area contributed by atoms with Crippen molar-refractivity contribution >= 4 is 21.9 Å². The number of esters is 1. The molecule has 2 aromatic rings. The molecular weight excluding hydrogens is 369 g/mol. The highest BCUT2D eigenvalue weighted by molar-refractivity contribution is 9.10. The maximum atomic E-state index is 12.3. The Morgan fingerprint density at radius 2 is 2.05 bits per heavy atom. The second-order valence-electron chi connectivity index (χ2n) is 4.20. The first kappa shape index (κ1) is 16.3. The minimum atomic E-state index is -4.78. The molecule has 0 aliphatic rings. The molecule has 0 bridgehead atoms. The van der Waals surface area contributed by atoms with Crippen LogP contribution in [0.2, 0.25) is 0 Å². The summed E-state index contributed by atoms with van der Waals surface area (Å²) in [7, 11) is 2.77. The van der Waals surface area contributed by atoms with Gasteiger partial charge in [-0.1, -0.05) is 12.1 Å². The average Bonchev–Trinajstić information content (AvgIpc) is 2.72. The van der Waals surface area contributed by atoms with E-state index < -0.39 is 12.3 Å². The summed E-state index contributed by atoms with van der Waals surface area (Å²) in [6.45, 7) is 0. The Hall–Kier alpha value is -2.03. The third-order valence-corrected chi connectivity index (χ3v) is 3.31. The third kappa shape index (κ3) is 3.41. The molecule has 118 valence electrons. The molecule has 0 radical (unpaired) electrons. The van der Waals surface area contributed by atoms with E-state index in [1.165, 1.54) is 29.9 Å². The molecular formula is C13H10BrF3N2O3. The molecule has 0 amide bonds. The summed E-state index contributed by atoms with van der Waals surface area (Å²) in [5.41, 5.74) is 0.514. The number of benzene rings is 1. The SMILES string of the molecule is COC(=O)c1c(Br)nc(-c2cccc(OC(F)(F)F)c2)n1C. The minimum Gasteiger partial charge on any atom is -0.464 e. The monoisotopic (exact) mass is 378 g/mol. The van der Waals surface area contributed by atoms with Gasteiger partial charge in [-0.25, -0.2) is 9.78 Å². The summed E-state index contributed by atoms with van der Waals surface area (Å²) in [5.74, 6) is -0.695. The van der Waals surface area contributed by atoms with E-state index in [-0.39, 0.29) is 16.0 Å². The molecule has 0 unspecified atom stereocenters. The number of methoxy groups -OCH3 is 1. The summed E-state index contributed by atoms with van der Waals surface area (Å²) >= 11 is 3.13. The van der Waals surface area contributed by atoms with Crippen molar-refractivity contribution in [2.75, 3.05) is 7.11 Å². The molecule has 2 rings (SSSR count). The van der Waals surface area contributed by atoms with Gasteiger partial charge in [-0.2, -0.15) is 0 Å². The van der Waals surface area contributed by atoms with Gasteiger partial charge < -0.3 is 14.0 Å². The van der Waals surface area contributed by atoms with E-state index in [1.807, 2.05) is 0 Å². The van der Waals surface area contributed by atoms with Crippen molar-refractivity contribution in [3.63, 3.8) is 0 Å². The normalized spacial score (nSPS) is 11.4. The number of carbonyl (C=O) groups is 1. The lowest BCUT2D eigenvalue weighted by Gasteiger charge is -2.10. The van der Waals surface area contributed by atoms with Crippen LogP contribution >= 0.6 is 15.9 Å². The van der Waals surface area contributed by atoms with E-state index in [9.17, 15) is 18.0 Å². The van der Waals surface area contributed by atoms with Gasteiger partial charge in [0.1, 0.15) is 16.2 Å². The Balaban J connectivity index is 2.45. The van der Waals surface area contributed by atoms with Crippen LogP contribution in [0.3, 0.4) is 0 Å². The summed E-state index contributed by atoms with van der Waals surface area (Å²) in [6, 6.07) is 5.31. The predicted molar refractivity (Wildman–Crippen MR) is 74.4 cm³/mol. The Labute approximate surface area is 131 Å². The molecule has 0 atom stereocenters. The largest absolute Gasteiger partial charge is 0.573 e. The number of carbonyl (C=O) groups excluding carboxylic acids is 1. The number of nitrogens with zero attached hydrogens (tertiary/aromatic N) is 2. The molecule has 0 aliphatic carbocycles. The highest BCUT2D eigenvalue weighted by atomic mass is 79.9. The van der Waals surface area contributed by atoms with Crippen molar-refractivity contribution in [3.05, 3.63) is 34.6 Å². The van der Waals surface area contributed by atoms with Gasteiger partial charge in [0.25, 0.3) is 0 Å². The molecule has 0 N–H and O–H groups in total. The van der Waals surface area contributed by atoms with Crippen LogP contribution in [0.15, 0.2) is 28.9 Å². The van der Waals surface area contributed by atoms with Crippen molar-refractivity contribution in [1.82, 2.24) is 9.55 Å². The molecule has 5 nitrogen and oxygen atoms in total. The summed E-state index contributed by atoms with van der Waals surface area (Å²) in [5, 5.41) is 0. The van der Waals surface area contributed by atoms with Gasteiger partial charge in [0.2, 0.25) is 0 Å². The molecule has 1 aromatic carbocycles. The van der Waals surface area contributed by atoms with Crippen LogP contribution in [0, 0.1) is 0 Å². The number of ether oxygens (including phenoxy) is 2. The molecule has 0 fully saturated rings. The van der Waals surface area contributed by atoms with Crippen LogP contribution in [0.4, 0.5) is 13.2 Å². The number of rotatable bonds is 3. The minimum absolute atomic E-state index is 0.152. The van der Waals surface area contributed by atoms with Crippen LogP contribution < -0.4 is 4.74 Å². The molecule has 0 spiro atoms. The lowest BCUT2D eigenvalue weighted by Crippen LogP contribution is -2.17. The average molecular weight is 379 g/mol. The van der Waals surface area contributed by atoms with Crippen LogP contribution in [0.25, 0.3) is 11.4 Å². The lowest BCUT2D eigenvalue weighted by atomic mass is 10.2. The first-order valence-electron chi connectivity index (χ1n) is 5.89. The van der Waals surface area contributed by atoms with E-state index in [4.69, 9.17) is 0 Å². The van der Waals surface area contributed by atoms with E-state index in [2.05, 4.69) is 30.4 Å². The smallest absolute Gasteiger partial charge is 0.464 e. The van der Waals surface area contributed by atoms with Gasteiger partial charge in [0, 0.05) is 12.6 Å². The van der Waals surface area contributed by atoms with Crippen molar-refractivity contribution in [2.45, 2.75) is 6.36 Å². The van der Waals surface area contributed by atoms with Gasteiger partial charge in [-0.05, 0) is 28.1 Å². The first-order chi connectivity index (χ1) is 10.2. The summed E-state index contributed by atoms with van der Waals surface area (Å²) in [4.78, 5) is 15.8. The number of imidazole rings is 1. The first-order valence-corrected chi connectivity index (χ1v) is 6.69.